The van der Waals surface area contributed by atoms with Crippen LogP contribution >= 0.6 is 0 Å². The average molecular weight is 531 g/mol. The van der Waals surface area contributed by atoms with Gasteiger partial charge in [0.15, 0.2) is 11.5 Å². The van der Waals surface area contributed by atoms with Gasteiger partial charge in [-0.1, -0.05) is 0 Å². The third kappa shape index (κ3) is 5.59. The quantitative estimate of drug-likeness (QED) is 0.274. The van der Waals surface area contributed by atoms with Crippen LogP contribution in [0.2, 0.25) is 0 Å². The summed E-state index contributed by atoms with van der Waals surface area (Å²) in [7, 11) is 2.81. The maximum atomic E-state index is 13.3. The molecule has 4 N–H and O–H groups in total. The summed E-state index contributed by atoms with van der Waals surface area (Å²) in [6.45, 7) is 2.11. The van der Waals surface area contributed by atoms with Gasteiger partial charge in [0.1, 0.15) is 17.0 Å². The van der Waals surface area contributed by atoms with Crippen molar-refractivity contribution >= 4 is 22.8 Å². The Bertz CT molecular complexity index is 1460. The van der Waals surface area contributed by atoms with E-state index in [-0.39, 0.29) is 35.2 Å². The lowest BCUT2D eigenvalue weighted by Gasteiger charge is -2.11. The number of oxazole rings is 1. The first-order valence-electron chi connectivity index (χ1n) is 11.3. The van der Waals surface area contributed by atoms with E-state index in [1.54, 1.807) is 19.1 Å². The summed E-state index contributed by atoms with van der Waals surface area (Å²) in [5.74, 6) is 0.423. The van der Waals surface area contributed by atoms with Crippen LogP contribution in [0, 0.1) is 0 Å². The summed E-state index contributed by atoms with van der Waals surface area (Å²) in [4.78, 5) is 29.2. The van der Waals surface area contributed by atoms with Crippen molar-refractivity contribution in [3.8, 4) is 23.1 Å². The number of carbonyl (C=O) groups excluding carboxylic acids is 1. The summed E-state index contributed by atoms with van der Waals surface area (Å²) in [5, 5.41) is 5.97. The molecule has 0 aliphatic rings. The minimum atomic E-state index is -4.64. The van der Waals surface area contributed by atoms with Crippen LogP contribution in [0.5, 0.6) is 11.6 Å². The van der Waals surface area contributed by atoms with Crippen LogP contribution in [0.3, 0.4) is 0 Å². The third-order valence-electron chi connectivity index (χ3n) is 5.38. The standard InChI is InChI=1S/C24H24F3N7O4/c1-12(28)20-19(21(35)29-10-11-31-23-30-9-8-17(33-23)37-3)34-22(38-20)14-4-6-15(36-2)18-13(14)5-7-16(32-18)24(25,26)27/h4-9,12H,10-11,28H2,1-3H3,(H,29,35)(H,30,31,33)/t12-/m0/s1. The number of hydrogen-bond donors (Lipinski definition) is 3. The summed E-state index contributed by atoms with van der Waals surface area (Å²) in [6, 6.07) is 6.03. The molecule has 3 heterocycles. The molecular weight excluding hydrogens is 507 g/mol. The third-order valence-corrected chi connectivity index (χ3v) is 5.38. The maximum Gasteiger partial charge on any atom is 0.433 e. The van der Waals surface area contributed by atoms with E-state index < -0.39 is 23.8 Å². The summed E-state index contributed by atoms with van der Waals surface area (Å²) < 4.78 is 55.8. The number of benzene rings is 1. The number of ether oxygens (including phenoxy) is 2. The number of amides is 1. The van der Waals surface area contributed by atoms with E-state index in [2.05, 4.69) is 30.6 Å². The summed E-state index contributed by atoms with van der Waals surface area (Å²) in [6.07, 6.45) is -3.11. The molecule has 38 heavy (non-hydrogen) atoms. The predicted molar refractivity (Wildman–Crippen MR) is 131 cm³/mol. The minimum absolute atomic E-state index is 0.000401. The van der Waals surface area contributed by atoms with Gasteiger partial charge in [0, 0.05) is 36.3 Å². The van der Waals surface area contributed by atoms with Gasteiger partial charge in [-0.3, -0.25) is 4.79 Å². The molecule has 1 amide bonds. The molecule has 4 rings (SSSR count). The van der Waals surface area contributed by atoms with Crippen LogP contribution in [0.15, 0.2) is 40.9 Å². The van der Waals surface area contributed by atoms with E-state index >= 15 is 0 Å². The number of halogens is 3. The van der Waals surface area contributed by atoms with Crippen molar-refractivity contribution in [2.75, 3.05) is 32.6 Å². The number of anilines is 1. The molecule has 3 aromatic heterocycles. The Morgan fingerprint density at radius 1 is 1.08 bits per heavy atom. The number of nitrogens with two attached hydrogens (primary N) is 1. The summed E-state index contributed by atoms with van der Waals surface area (Å²) >= 11 is 0. The Morgan fingerprint density at radius 3 is 2.55 bits per heavy atom. The lowest BCUT2D eigenvalue weighted by Crippen LogP contribution is -2.30. The molecule has 0 saturated heterocycles. The fourth-order valence-electron chi connectivity index (χ4n) is 3.59. The van der Waals surface area contributed by atoms with E-state index in [1.807, 2.05) is 0 Å². The highest BCUT2D eigenvalue weighted by molar-refractivity contribution is 5.98. The second-order valence-electron chi connectivity index (χ2n) is 8.03. The van der Waals surface area contributed by atoms with E-state index in [9.17, 15) is 18.0 Å². The number of carbonyl (C=O) groups is 1. The fourth-order valence-corrected chi connectivity index (χ4v) is 3.59. The molecule has 1 atom stereocenters. The Labute approximate surface area is 214 Å². The number of hydrogen-bond acceptors (Lipinski definition) is 10. The van der Waals surface area contributed by atoms with Crippen molar-refractivity contribution < 1.29 is 31.9 Å². The zero-order valence-corrected chi connectivity index (χ0v) is 20.6. The molecule has 1 aromatic carbocycles. The largest absolute Gasteiger partial charge is 0.494 e. The van der Waals surface area contributed by atoms with Crippen molar-refractivity contribution in [3.05, 3.63) is 53.7 Å². The predicted octanol–water partition coefficient (Wildman–Crippen LogP) is 3.58. The SMILES string of the molecule is COc1ccnc(NCCNC(=O)c2nc(-c3ccc(OC)c4nc(C(F)(F)F)ccc34)oc2[C@H](C)N)n1. The van der Waals surface area contributed by atoms with Crippen LogP contribution in [-0.4, -0.2) is 53.2 Å². The monoisotopic (exact) mass is 531 g/mol. The molecule has 0 radical (unpaired) electrons. The normalized spacial score (nSPS) is 12.3. The smallest absolute Gasteiger partial charge is 0.433 e. The molecule has 0 spiro atoms. The van der Waals surface area contributed by atoms with Crippen LogP contribution in [0.25, 0.3) is 22.4 Å². The second-order valence-corrected chi connectivity index (χ2v) is 8.03. The highest BCUT2D eigenvalue weighted by Gasteiger charge is 2.33. The number of nitrogens with zero attached hydrogens (tertiary/aromatic N) is 4. The first kappa shape index (κ1) is 26.6. The lowest BCUT2D eigenvalue weighted by molar-refractivity contribution is -0.140. The first-order chi connectivity index (χ1) is 18.1. The minimum Gasteiger partial charge on any atom is -0.494 e. The molecule has 0 aliphatic carbocycles. The van der Waals surface area contributed by atoms with Gasteiger partial charge in [0.05, 0.1) is 20.3 Å². The number of rotatable bonds is 9. The number of alkyl halides is 3. The second kappa shape index (κ2) is 10.9. The molecule has 200 valence electrons. The number of pyridine rings is 1. The molecule has 11 nitrogen and oxygen atoms in total. The van der Waals surface area contributed by atoms with Gasteiger partial charge in [0.25, 0.3) is 5.91 Å². The molecule has 0 unspecified atom stereocenters. The lowest BCUT2D eigenvalue weighted by atomic mass is 10.1. The molecular formula is C24H24F3N7O4. The van der Waals surface area contributed by atoms with Gasteiger partial charge < -0.3 is 30.3 Å². The highest BCUT2D eigenvalue weighted by Crippen LogP contribution is 2.37. The van der Waals surface area contributed by atoms with Gasteiger partial charge >= 0.3 is 6.18 Å². The molecule has 0 bridgehead atoms. The van der Waals surface area contributed by atoms with Crippen LogP contribution in [0.1, 0.15) is 34.9 Å². The average Bonchev–Trinajstić information content (AvgIpc) is 3.35. The zero-order valence-electron chi connectivity index (χ0n) is 20.6. The van der Waals surface area contributed by atoms with E-state index in [0.717, 1.165) is 6.07 Å². The van der Waals surface area contributed by atoms with Crippen LogP contribution in [0.4, 0.5) is 19.1 Å². The summed E-state index contributed by atoms with van der Waals surface area (Å²) in [5.41, 5.74) is 5.19. The van der Waals surface area contributed by atoms with Crippen molar-refractivity contribution in [1.29, 1.82) is 0 Å². The van der Waals surface area contributed by atoms with E-state index in [4.69, 9.17) is 19.6 Å². The van der Waals surface area contributed by atoms with Crippen LogP contribution < -0.4 is 25.8 Å². The molecule has 14 heteroatoms. The number of fused-ring (bicyclic) bond motifs is 1. The molecule has 0 fully saturated rings. The Balaban J connectivity index is 1.59. The van der Waals surface area contributed by atoms with Crippen molar-refractivity contribution in [2.45, 2.75) is 19.1 Å². The molecule has 0 saturated carbocycles. The number of methoxy groups -OCH3 is 2. The number of aromatic nitrogens is 4. The van der Waals surface area contributed by atoms with E-state index in [1.165, 1.54) is 32.5 Å². The molecule has 0 aliphatic heterocycles. The molecule has 4 aromatic rings. The maximum absolute atomic E-state index is 13.3. The Hall–Kier alpha value is -4.46. The van der Waals surface area contributed by atoms with Crippen molar-refractivity contribution in [2.24, 2.45) is 5.73 Å². The zero-order chi connectivity index (χ0) is 27.4. The Morgan fingerprint density at radius 2 is 1.87 bits per heavy atom. The van der Waals surface area contributed by atoms with Gasteiger partial charge in [-0.05, 0) is 31.2 Å². The van der Waals surface area contributed by atoms with Gasteiger partial charge in [-0.15, -0.1) is 0 Å². The van der Waals surface area contributed by atoms with E-state index in [0.29, 0.717) is 29.3 Å². The van der Waals surface area contributed by atoms with Crippen molar-refractivity contribution in [1.82, 2.24) is 25.3 Å². The van der Waals surface area contributed by atoms with Gasteiger partial charge in [-0.2, -0.15) is 18.2 Å². The number of nitrogens with one attached hydrogen (secondary N) is 2. The fraction of sp³-hybridized carbons (Fsp3) is 0.292. The van der Waals surface area contributed by atoms with Crippen molar-refractivity contribution in [3.63, 3.8) is 0 Å². The Kier molecular flexibility index (Phi) is 7.62. The van der Waals surface area contributed by atoms with Gasteiger partial charge in [-0.25, -0.2) is 15.0 Å². The van der Waals surface area contributed by atoms with Gasteiger partial charge in [0.2, 0.25) is 17.7 Å². The topological polar surface area (TPSA) is 150 Å². The van der Waals surface area contributed by atoms with Crippen LogP contribution in [-0.2, 0) is 6.18 Å². The highest BCUT2D eigenvalue weighted by atomic mass is 19.4. The first-order valence-corrected chi connectivity index (χ1v) is 11.3.